The van der Waals surface area contributed by atoms with Crippen molar-refractivity contribution >= 4 is 34.0 Å². The maximum atomic E-state index is 8.06. The first-order chi connectivity index (χ1) is 1.00. The van der Waals surface area contributed by atoms with Gasteiger partial charge in [-0.1, -0.05) is 0 Å². The van der Waals surface area contributed by atoms with E-state index in [1.54, 1.807) is 10.1 Å². The van der Waals surface area contributed by atoms with E-state index in [4.69, 9.17) is 4.46 Å². The van der Waals surface area contributed by atoms with Gasteiger partial charge in [-0.2, -0.15) is 0 Å². The molecule has 4 heteroatoms. The van der Waals surface area contributed by atoms with Gasteiger partial charge in [0.15, 0.2) is 0 Å². The van der Waals surface area contributed by atoms with E-state index in [1.807, 2.05) is 0 Å². The predicted octanol–water partition coefficient (Wildman–Crippen LogP) is -0.883. The Kier molecular flexibility index (Phi) is 114. The standard InChI is InChI=1S/OSi.Sn.Zn/c1-2;;. The third-order valence-corrected chi connectivity index (χ3v) is 0. The predicted molar refractivity (Wildman–Crippen MR) is 12.2 cm³/mol. The zero-order chi connectivity index (χ0) is 2.00. The Morgan fingerprint density at radius 3 is 1.25 bits per heavy atom. The zero-order valence-corrected chi connectivity index (χ0v) is 8.94. The fourth-order valence-electron chi connectivity index (χ4n) is 0. The molecule has 0 aromatic heterocycles. The second-order valence-electron chi connectivity index (χ2n) is 0. The van der Waals surface area contributed by atoms with Crippen LogP contribution in [0.5, 0.6) is 0 Å². The largest absolute Gasteiger partial charge is 0.381 e. The molecule has 1 nitrogen and oxygen atoms in total. The van der Waals surface area contributed by atoms with Crippen LogP contribution in [0.25, 0.3) is 0 Å². The van der Waals surface area contributed by atoms with Crippen LogP contribution in [0, 0.1) is 0 Å². The van der Waals surface area contributed by atoms with Crippen molar-refractivity contribution in [2.45, 2.75) is 0 Å². The van der Waals surface area contributed by atoms with Gasteiger partial charge in [0.05, 0.1) is 0 Å². The van der Waals surface area contributed by atoms with Crippen molar-refractivity contribution in [3.05, 3.63) is 0 Å². The Balaban J connectivity index is -0.00000000500. The quantitative estimate of drug-likeness (QED) is 0.492. The number of hydrogen-bond acceptors (Lipinski definition) is 1. The monoisotopic (exact) mass is 228 g/mol. The molecule has 0 aliphatic rings. The minimum atomic E-state index is 0. The molecule has 0 aliphatic carbocycles. The molecule has 0 saturated carbocycles. The molecule has 0 aromatic rings. The summed E-state index contributed by atoms with van der Waals surface area (Å²) in [5.74, 6) is 0. The first kappa shape index (κ1) is 18.0. The molecule has 0 heterocycles. The summed E-state index contributed by atoms with van der Waals surface area (Å²) in [5.41, 5.74) is 0. The Morgan fingerprint density at radius 2 is 1.25 bits per heavy atom. The Morgan fingerprint density at radius 1 is 1.25 bits per heavy atom. The fourth-order valence-corrected chi connectivity index (χ4v) is 0. The van der Waals surface area contributed by atoms with Gasteiger partial charge >= 0.3 is 10.1 Å². The van der Waals surface area contributed by atoms with Crippen molar-refractivity contribution in [1.29, 1.82) is 0 Å². The Hall–Kier alpha value is 1.44. The van der Waals surface area contributed by atoms with Crippen molar-refractivity contribution in [2.24, 2.45) is 0 Å². The summed E-state index contributed by atoms with van der Waals surface area (Å²) >= 11 is 0. The van der Waals surface area contributed by atoms with E-state index < -0.39 is 0 Å². The summed E-state index contributed by atoms with van der Waals surface area (Å²) in [5, 5.41) is 0. The summed E-state index contributed by atoms with van der Waals surface area (Å²) in [6.07, 6.45) is 0. The SMILES string of the molecule is O=[Si].[Sn].[Zn]. The van der Waals surface area contributed by atoms with Crippen LogP contribution in [0.15, 0.2) is 0 Å². The molecule has 0 aliphatic heterocycles. The minimum absolute atomic E-state index is 0. The summed E-state index contributed by atoms with van der Waals surface area (Å²) in [7, 11) is 1.72. The van der Waals surface area contributed by atoms with Crippen LogP contribution < -0.4 is 0 Å². The van der Waals surface area contributed by atoms with E-state index in [9.17, 15) is 0 Å². The van der Waals surface area contributed by atoms with Crippen LogP contribution in [0.1, 0.15) is 0 Å². The van der Waals surface area contributed by atoms with Gasteiger partial charge in [-0.25, -0.2) is 0 Å². The molecule has 0 unspecified atom stereocenters. The third kappa shape index (κ3) is 9.88. The number of rotatable bonds is 0. The van der Waals surface area contributed by atoms with E-state index >= 15 is 0 Å². The van der Waals surface area contributed by atoms with E-state index in [2.05, 4.69) is 0 Å². The first-order valence-electron chi connectivity index (χ1n) is 0.204. The molecule has 0 aromatic carbocycles. The van der Waals surface area contributed by atoms with Crippen molar-refractivity contribution in [1.82, 2.24) is 0 Å². The van der Waals surface area contributed by atoms with Crippen LogP contribution in [0.4, 0.5) is 0 Å². The molecule has 0 spiro atoms. The molecule has 6 radical (unpaired) electrons. The van der Waals surface area contributed by atoms with Gasteiger partial charge < -0.3 is 4.46 Å². The molecule has 0 bridgehead atoms. The minimum Gasteiger partial charge on any atom is -0.381 e. The van der Waals surface area contributed by atoms with Gasteiger partial charge in [0, 0.05) is 43.4 Å². The van der Waals surface area contributed by atoms with E-state index in [0.29, 0.717) is 0 Å². The molecule has 16 valence electrons. The third-order valence-electron chi connectivity index (χ3n) is 0. The topological polar surface area (TPSA) is 17.1 Å². The second-order valence-corrected chi connectivity index (χ2v) is 0. The molecule has 4 heavy (non-hydrogen) atoms. The number of hydrogen-bond donors (Lipinski definition) is 0. The van der Waals surface area contributed by atoms with E-state index in [1.165, 1.54) is 0 Å². The second kappa shape index (κ2) is 25.4. The van der Waals surface area contributed by atoms with Gasteiger partial charge in [0.2, 0.25) is 0 Å². The van der Waals surface area contributed by atoms with Crippen molar-refractivity contribution < 1.29 is 23.9 Å². The summed E-state index contributed by atoms with van der Waals surface area (Å²) in [6, 6.07) is 0. The van der Waals surface area contributed by atoms with Gasteiger partial charge in [0.25, 0.3) is 0 Å². The molecular weight excluding hydrogens is 228 g/mol. The summed E-state index contributed by atoms with van der Waals surface area (Å²) < 4.78 is 8.06. The molecule has 0 atom stereocenters. The van der Waals surface area contributed by atoms with Crippen molar-refractivity contribution in [3.63, 3.8) is 0 Å². The van der Waals surface area contributed by atoms with E-state index in [-0.39, 0.29) is 43.4 Å². The van der Waals surface area contributed by atoms with Gasteiger partial charge in [0.1, 0.15) is 0 Å². The average Bonchev–Trinajstić information content (AvgIpc) is 1.00. The van der Waals surface area contributed by atoms with Crippen LogP contribution in [-0.4, -0.2) is 34.0 Å². The van der Waals surface area contributed by atoms with Crippen LogP contribution in [0.2, 0.25) is 0 Å². The van der Waals surface area contributed by atoms with Crippen molar-refractivity contribution in [2.75, 3.05) is 0 Å². The molecular formula is OSiSnZn. The first-order valence-corrected chi connectivity index (χ1v) is 0.612. The molecule has 0 rings (SSSR count). The maximum absolute atomic E-state index is 8.06. The fraction of sp³-hybridized carbons (Fsp3) is 0. The van der Waals surface area contributed by atoms with Gasteiger partial charge in [-0.3, -0.25) is 0 Å². The van der Waals surface area contributed by atoms with E-state index in [0.717, 1.165) is 0 Å². The van der Waals surface area contributed by atoms with Crippen LogP contribution in [-0.2, 0) is 23.9 Å². The summed E-state index contributed by atoms with van der Waals surface area (Å²) in [6.45, 7) is 0. The van der Waals surface area contributed by atoms with Crippen molar-refractivity contribution in [3.8, 4) is 0 Å². The molecule has 0 fully saturated rings. The average molecular weight is 228 g/mol. The Bertz CT molecular complexity index is 8.00. The van der Waals surface area contributed by atoms with Gasteiger partial charge in [-0.15, -0.1) is 0 Å². The maximum Gasteiger partial charge on any atom is 0.381 e. The summed E-state index contributed by atoms with van der Waals surface area (Å²) in [4.78, 5) is 0. The van der Waals surface area contributed by atoms with Gasteiger partial charge in [-0.05, 0) is 0 Å². The molecule has 0 amide bonds. The van der Waals surface area contributed by atoms with Crippen LogP contribution >= 0.6 is 0 Å². The Labute approximate surface area is 57.7 Å². The van der Waals surface area contributed by atoms with Crippen LogP contribution in [0.3, 0.4) is 0 Å². The molecule has 0 N–H and O–H groups in total. The zero-order valence-electron chi connectivity index (χ0n) is 2.12. The normalized spacial score (nSPS) is 1.00. The smallest absolute Gasteiger partial charge is 0.381 e. The molecule has 0 saturated heterocycles.